The highest BCUT2D eigenvalue weighted by Crippen LogP contribution is 2.12. The summed E-state index contributed by atoms with van der Waals surface area (Å²) in [7, 11) is 0. The molecule has 0 aromatic carbocycles. The molecule has 0 heterocycles. The Kier molecular flexibility index (Phi) is 43.8. The van der Waals surface area contributed by atoms with Gasteiger partial charge in [-0.1, -0.05) is 0 Å². The van der Waals surface area contributed by atoms with Crippen molar-refractivity contribution in [2.24, 2.45) is 63.1 Å². The average Bonchev–Trinajstić information content (AvgIpc) is 1.14. The predicted molar refractivity (Wildman–Crippen MR) is 352 cm³/mol. The second kappa shape index (κ2) is 48.9. The summed E-state index contributed by atoms with van der Waals surface area (Å²) in [5, 5.41) is 81.4. The zero-order chi connectivity index (χ0) is 71.1. The number of nitrogens with two attached hydrogens (primary N) is 11. The molecule has 0 aromatic rings. The molecular weight excluding hydrogens is 1230 g/mol. The Morgan fingerprint density at radius 2 is 0.468 bits per heavy atom. The Labute approximate surface area is 546 Å². The van der Waals surface area contributed by atoms with Gasteiger partial charge in [0.2, 0.25) is 59.1 Å². The van der Waals surface area contributed by atoms with Crippen molar-refractivity contribution < 1.29 is 47.9 Å². The van der Waals surface area contributed by atoms with E-state index in [1.165, 1.54) is 0 Å². The standard InChI is InChI=1S/C53H107N31O10/c54-21-3-1-12-31(78-40(87)29(56)11-5-23-71-48(59)60)42(89)79-32(13-2-4-22-55)43(90)81-34(16-8-26-74-51(65)66)44(91)82-36(18-10-28-76-53(69)70)46(93)84-37(19-20-38(57)85)47(94)83-35(17-9-27-75-52(67)68)45(92)80-33(15-7-25-73-50(63)64)41(88)77-30(39(58)86)14-6-24-72-49(61)62/h29-37H,1-28,54-56H2,(H2,57,85)(H2,58,86)(H,77,88)(H,78,87)(H,79,89)(H,80,92)(H,81,90)(H,82,91)(H,83,94)(H,84,93)(H4,59,60,71)(H4,61,62,72)(H4,63,64,73)(H4,65,66,74)(H4,67,68,75)(H4,69,70,76)/t29-,30-,31-,32-,33-,34-,35-,36-,37-/m0/s1. The van der Waals surface area contributed by atoms with Gasteiger partial charge < -0.3 is 138 Å². The fraction of sp³-hybridized carbons (Fsp3) is 0.698. The third kappa shape index (κ3) is 40.8. The third-order valence-electron chi connectivity index (χ3n) is 13.9. The summed E-state index contributed by atoms with van der Waals surface area (Å²) in [6.45, 7) is 0.983. The fourth-order valence-electron chi connectivity index (χ4n) is 8.95. The monoisotopic (exact) mass is 1340 g/mol. The minimum atomic E-state index is -1.69. The molecule has 41 nitrogen and oxygen atoms in total. The molecule has 0 fully saturated rings. The number of hydrogen-bond acceptors (Lipinski definition) is 19. The van der Waals surface area contributed by atoms with Crippen LogP contribution in [0.15, 0.2) is 0 Å². The Bertz CT molecular complexity index is 2490. The lowest BCUT2D eigenvalue weighted by Gasteiger charge is -2.28. The first-order chi connectivity index (χ1) is 44.4. The topological polar surface area (TPSA) is 768 Å². The number of primary amides is 2. The Morgan fingerprint density at radius 3 is 0.691 bits per heavy atom. The van der Waals surface area contributed by atoms with Crippen molar-refractivity contribution in [3.63, 3.8) is 0 Å². The maximum absolute atomic E-state index is 14.6. The van der Waals surface area contributed by atoms with Crippen molar-refractivity contribution in [3.8, 4) is 0 Å². The second-order valence-electron chi connectivity index (χ2n) is 22.0. The van der Waals surface area contributed by atoms with Crippen LogP contribution < -0.4 is 138 Å². The van der Waals surface area contributed by atoms with Crippen molar-refractivity contribution in [1.82, 2.24) is 74.4 Å². The van der Waals surface area contributed by atoms with Crippen LogP contribution in [0.3, 0.4) is 0 Å². The van der Waals surface area contributed by atoms with Crippen molar-refractivity contribution in [3.05, 3.63) is 0 Å². The molecule has 0 aliphatic carbocycles. The third-order valence-corrected chi connectivity index (χ3v) is 13.9. The average molecular weight is 1340 g/mol. The van der Waals surface area contributed by atoms with Crippen LogP contribution in [0.4, 0.5) is 0 Å². The van der Waals surface area contributed by atoms with Gasteiger partial charge in [0.05, 0.1) is 6.04 Å². The van der Waals surface area contributed by atoms with E-state index in [9.17, 15) is 47.9 Å². The molecule has 0 saturated carbocycles. The molecule has 0 aromatic heterocycles. The van der Waals surface area contributed by atoms with Crippen molar-refractivity contribution in [2.75, 3.05) is 52.4 Å². The molecule has 9 atom stereocenters. The summed E-state index contributed by atoms with van der Waals surface area (Å²) >= 11 is 0. The van der Waals surface area contributed by atoms with E-state index in [4.69, 9.17) is 95.5 Å². The number of guanidine groups is 6. The van der Waals surface area contributed by atoms with E-state index in [0.29, 0.717) is 32.1 Å². The Hall–Kier alpha value is -9.80. The quantitative estimate of drug-likeness (QED) is 0.0153. The normalized spacial score (nSPS) is 13.6. The number of carbonyl (C=O) groups is 10. The SMILES string of the molecule is N=C(N)NCCC[C@H](NC(=O)[C@H](CCCNC(=N)N)NC(=O)[C@H](CCCNC(=N)N)NC(=O)[C@H](CCC(N)=O)NC(=O)[C@H](CCCNC(=N)N)NC(=O)[C@H](CCCNC(=N)N)NC(=O)[C@H](CCCCN)NC(=O)[C@H](CCCCN)NC(=O)[C@@H](N)CCCNC(=N)N)C(N)=O. The summed E-state index contributed by atoms with van der Waals surface area (Å²) in [5.41, 5.74) is 61.4. The molecule has 0 aliphatic rings. The van der Waals surface area contributed by atoms with Gasteiger partial charge in [0.15, 0.2) is 35.8 Å². The summed E-state index contributed by atoms with van der Waals surface area (Å²) < 4.78 is 0. The fourth-order valence-corrected chi connectivity index (χ4v) is 8.95. The van der Waals surface area contributed by atoms with E-state index in [0.717, 1.165) is 0 Å². The molecule has 0 rings (SSSR count). The number of rotatable bonds is 52. The van der Waals surface area contributed by atoms with Crippen LogP contribution in [0.25, 0.3) is 0 Å². The van der Waals surface area contributed by atoms with Gasteiger partial charge in [-0.3, -0.25) is 80.4 Å². The number of hydrogen-bond donors (Lipinski definition) is 31. The lowest BCUT2D eigenvalue weighted by Crippen LogP contribution is -2.60. The van der Waals surface area contributed by atoms with E-state index in [-0.39, 0.29) is 154 Å². The minimum Gasteiger partial charge on any atom is -0.370 e. The predicted octanol–water partition coefficient (Wildman–Crippen LogP) is -10.2. The van der Waals surface area contributed by atoms with Gasteiger partial charge in [0, 0.05) is 45.7 Å². The molecule has 0 aliphatic heterocycles. The van der Waals surface area contributed by atoms with E-state index in [1.54, 1.807) is 0 Å². The molecule has 0 radical (unpaired) electrons. The summed E-state index contributed by atoms with van der Waals surface area (Å²) in [4.78, 5) is 139. The van der Waals surface area contributed by atoms with Crippen LogP contribution in [0.1, 0.15) is 128 Å². The molecule has 0 spiro atoms. The van der Waals surface area contributed by atoms with Gasteiger partial charge in [0.1, 0.15) is 48.3 Å². The van der Waals surface area contributed by atoms with Gasteiger partial charge in [0.25, 0.3) is 0 Å². The van der Waals surface area contributed by atoms with Crippen molar-refractivity contribution in [2.45, 2.75) is 183 Å². The Morgan fingerprint density at radius 1 is 0.266 bits per heavy atom. The first-order valence-electron chi connectivity index (χ1n) is 31.1. The van der Waals surface area contributed by atoms with Gasteiger partial charge in [-0.2, -0.15) is 0 Å². The molecule has 0 bridgehead atoms. The van der Waals surface area contributed by atoms with E-state index in [1.807, 2.05) is 0 Å². The molecule has 534 valence electrons. The highest BCUT2D eigenvalue weighted by Gasteiger charge is 2.35. The smallest absolute Gasteiger partial charge is 0.243 e. The molecule has 10 amide bonds. The van der Waals surface area contributed by atoms with Crippen LogP contribution in [-0.2, 0) is 47.9 Å². The summed E-state index contributed by atoms with van der Waals surface area (Å²) in [5.74, 6) is -11.2. The highest BCUT2D eigenvalue weighted by atomic mass is 16.2. The van der Waals surface area contributed by atoms with Crippen LogP contribution in [0.5, 0.6) is 0 Å². The number of unbranched alkanes of at least 4 members (excludes halogenated alkanes) is 2. The first kappa shape index (κ1) is 84.2. The first-order valence-corrected chi connectivity index (χ1v) is 31.1. The van der Waals surface area contributed by atoms with Gasteiger partial charge in [-0.15, -0.1) is 0 Å². The molecular formula is C53H107N31O10. The molecule has 41 heteroatoms. The molecule has 0 unspecified atom stereocenters. The summed E-state index contributed by atoms with van der Waals surface area (Å²) in [6.07, 6.45) is 0.972. The van der Waals surface area contributed by atoms with Crippen LogP contribution in [0, 0.1) is 32.5 Å². The lowest BCUT2D eigenvalue weighted by molar-refractivity contribution is -0.136. The maximum atomic E-state index is 14.6. The molecule has 42 N–H and O–H groups in total. The number of nitrogens with one attached hydrogen (secondary N) is 20. The van der Waals surface area contributed by atoms with Gasteiger partial charge in [-0.25, -0.2) is 0 Å². The maximum Gasteiger partial charge on any atom is 0.243 e. The van der Waals surface area contributed by atoms with Crippen LogP contribution in [-0.4, -0.2) is 202 Å². The van der Waals surface area contributed by atoms with Crippen molar-refractivity contribution in [1.29, 1.82) is 32.5 Å². The van der Waals surface area contributed by atoms with E-state index < -0.39 is 144 Å². The second-order valence-corrected chi connectivity index (χ2v) is 22.0. The van der Waals surface area contributed by atoms with E-state index in [2.05, 4.69) is 74.4 Å². The van der Waals surface area contributed by atoms with E-state index >= 15 is 0 Å². The van der Waals surface area contributed by atoms with Gasteiger partial charge in [-0.05, 0) is 135 Å². The molecule has 94 heavy (non-hydrogen) atoms. The zero-order valence-electron chi connectivity index (χ0n) is 53.4. The van der Waals surface area contributed by atoms with Crippen LogP contribution >= 0.6 is 0 Å². The Balaban J connectivity index is 7.40. The minimum absolute atomic E-state index is 0.00184. The lowest BCUT2D eigenvalue weighted by atomic mass is 10.0. The highest BCUT2D eigenvalue weighted by molar-refractivity contribution is 5.98. The zero-order valence-corrected chi connectivity index (χ0v) is 53.4. The van der Waals surface area contributed by atoms with Gasteiger partial charge >= 0.3 is 0 Å². The number of amides is 10. The summed E-state index contributed by atoms with van der Waals surface area (Å²) in [6, 6.07) is -12.6. The number of carbonyl (C=O) groups excluding carboxylic acids is 10. The molecule has 0 saturated heterocycles. The largest absolute Gasteiger partial charge is 0.370 e. The van der Waals surface area contributed by atoms with Crippen LogP contribution in [0.2, 0.25) is 0 Å². The van der Waals surface area contributed by atoms with Crippen molar-refractivity contribution >= 4 is 94.8 Å².